The average molecular weight is 274 g/mol. The number of ether oxygens (including phenoxy) is 2. The summed E-state index contributed by atoms with van der Waals surface area (Å²) in [6.07, 6.45) is -0.802. The number of carbonyl (C=O) groups excluding carboxylic acids is 1. The summed E-state index contributed by atoms with van der Waals surface area (Å²) in [5, 5.41) is 8.91. The molecule has 4 N–H and O–H groups in total. The van der Waals surface area contributed by atoms with Crippen LogP contribution in [0, 0.1) is 0 Å². The zero-order valence-electron chi connectivity index (χ0n) is 10.9. The summed E-state index contributed by atoms with van der Waals surface area (Å²) in [6, 6.07) is 13.6. The van der Waals surface area contributed by atoms with Gasteiger partial charge in [0.05, 0.1) is 13.2 Å². The molecule has 0 unspecified atom stereocenters. The predicted octanol–water partition coefficient (Wildman–Crippen LogP) is 1.50. The number of rotatable bonds is 4. The van der Waals surface area contributed by atoms with Gasteiger partial charge in [-0.2, -0.15) is 0 Å². The fourth-order valence-electron chi connectivity index (χ4n) is 1.60. The summed E-state index contributed by atoms with van der Waals surface area (Å²) in [7, 11) is 0. The summed E-state index contributed by atoms with van der Waals surface area (Å²) in [5.74, 6) is 0.778. The van der Waals surface area contributed by atoms with E-state index < -0.39 is 6.16 Å². The minimum absolute atomic E-state index is 0.0522. The fourth-order valence-corrected chi connectivity index (χ4v) is 1.60. The first-order valence-electron chi connectivity index (χ1n) is 6.19. The van der Waals surface area contributed by atoms with Gasteiger partial charge in [-0.05, 0) is 42.0 Å². The van der Waals surface area contributed by atoms with Crippen LogP contribution in [0.5, 0.6) is 11.5 Å². The van der Waals surface area contributed by atoms with E-state index in [0.717, 1.165) is 11.1 Å². The number of aliphatic hydroxyl groups excluding tert-OH is 1. The van der Waals surface area contributed by atoms with Gasteiger partial charge in [-0.25, -0.2) is 4.79 Å². The average Bonchev–Trinajstić information content (AvgIpc) is 2.49. The van der Waals surface area contributed by atoms with Gasteiger partial charge in [0.2, 0.25) is 0 Å². The van der Waals surface area contributed by atoms with Gasteiger partial charge in [0.25, 0.3) is 0 Å². The van der Waals surface area contributed by atoms with Crippen LogP contribution in [0.1, 0.15) is 11.1 Å². The lowest BCUT2D eigenvalue weighted by Crippen LogP contribution is -2.47. The topological polar surface area (TPSA) is 83.4 Å². The third-order valence-corrected chi connectivity index (χ3v) is 2.72. The molecule has 2 aromatic carbocycles. The second-order valence-electron chi connectivity index (χ2n) is 4.15. The van der Waals surface area contributed by atoms with Crippen molar-refractivity contribution >= 4 is 6.16 Å². The molecule has 0 aromatic heterocycles. The Balaban J connectivity index is 1.93. The molecule has 0 atom stereocenters. The number of hydrogen-bond donors (Lipinski definition) is 2. The first kappa shape index (κ1) is 14.0. The Bertz CT molecular complexity index is 512. The van der Waals surface area contributed by atoms with Crippen molar-refractivity contribution in [3.05, 3.63) is 59.7 Å². The van der Waals surface area contributed by atoms with Crippen molar-refractivity contribution in [1.82, 2.24) is 0 Å². The van der Waals surface area contributed by atoms with Crippen LogP contribution >= 0.6 is 0 Å². The van der Waals surface area contributed by atoms with Crippen molar-refractivity contribution in [3.63, 3.8) is 0 Å². The molecule has 0 aliphatic rings. The molecular weight excluding hydrogens is 258 g/mol. The van der Waals surface area contributed by atoms with Gasteiger partial charge in [0.15, 0.2) is 0 Å². The second kappa shape index (κ2) is 6.70. The lowest BCUT2D eigenvalue weighted by molar-refractivity contribution is -0.386. The third kappa shape index (κ3) is 3.81. The number of benzene rings is 2. The molecular formula is C15H16NO4+. The maximum absolute atomic E-state index is 11.6. The highest BCUT2D eigenvalue weighted by molar-refractivity contribution is 5.67. The monoisotopic (exact) mass is 274 g/mol. The van der Waals surface area contributed by atoms with E-state index in [1.54, 1.807) is 36.4 Å². The Labute approximate surface area is 116 Å². The van der Waals surface area contributed by atoms with Crippen LogP contribution in [-0.2, 0) is 13.2 Å². The summed E-state index contributed by atoms with van der Waals surface area (Å²) in [6.45, 7) is 0.630. The number of hydrogen-bond acceptors (Lipinski definition) is 4. The fraction of sp³-hybridized carbons (Fsp3) is 0.133. The highest BCUT2D eigenvalue weighted by atomic mass is 16.7. The maximum atomic E-state index is 11.6. The van der Waals surface area contributed by atoms with Crippen molar-refractivity contribution in [1.29, 1.82) is 0 Å². The highest BCUT2D eigenvalue weighted by Gasteiger charge is 2.08. The van der Waals surface area contributed by atoms with Crippen LogP contribution in [0.3, 0.4) is 0 Å². The van der Waals surface area contributed by atoms with E-state index in [1.165, 1.54) is 0 Å². The van der Waals surface area contributed by atoms with Gasteiger partial charge in [-0.1, -0.05) is 12.1 Å². The molecule has 0 bridgehead atoms. The van der Waals surface area contributed by atoms with Crippen LogP contribution in [0.25, 0.3) is 0 Å². The lowest BCUT2D eigenvalue weighted by Gasteiger charge is -2.06. The van der Waals surface area contributed by atoms with Crippen molar-refractivity contribution in [3.8, 4) is 11.5 Å². The Kier molecular flexibility index (Phi) is 4.70. The molecule has 0 aliphatic heterocycles. The first-order chi connectivity index (χ1) is 9.71. The molecule has 0 spiro atoms. The Hall–Kier alpha value is -2.37. The van der Waals surface area contributed by atoms with Crippen molar-refractivity contribution in [2.45, 2.75) is 13.2 Å². The van der Waals surface area contributed by atoms with Crippen LogP contribution in [-0.4, -0.2) is 11.3 Å². The molecule has 0 saturated carbocycles. The van der Waals surface area contributed by atoms with Crippen LogP contribution in [0.4, 0.5) is 4.79 Å². The Morgan fingerprint density at radius 1 is 0.900 bits per heavy atom. The summed E-state index contributed by atoms with van der Waals surface area (Å²) >= 11 is 0. The van der Waals surface area contributed by atoms with Gasteiger partial charge in [-0.15, -0.1) is 0 Å². The van der Waals surface area contributed by atoms with E-state index in [2.05, 4.69) is 5.73 Å². The quantitative estimate of drug-likeness (QED) is 0.653. The van der Waals surface area contributed by atoms with E-state index in [1.807, 2.05) is 12.1 Å². The van der Waals surface area contributed by atoms with E-state index in [-0.39, 0.29) is 6.61 Å². The van der Waals surface area contributed by atoms with Gasteiger partial charge < -0.3 is 20.3 Å². The maximum Gasteiger partial charge on any atom is 0.519 e. The van der Waals surface area contributed by atoms with Gasteiger partial charge >= 0.3 is 6.16 Å². The van der Waals surface area contributed by atoms with E-state index >= 15 is 0 Å². The van der Waals surface area contributed by atoms with Gasteiger partial charge in [-0.3, -0.25) is 0 Å². The van der Waals surface area contributed by atoms with Crippen LogP contribution < -0.4 is 15.2 Å². The zero-order valence-corrected chi connectivity index (χ0v) is 10.9. The molecule has 0 amide bonds. The molecule has 0 heterocycles. The Morgan fingerprint density at radius 3 is 1.75 bits per heavy atom. The zero-order chi connectivity index (χ0) is 14.4. The van der Waals surface area contributed by atoms with E-state index in [9.17, 15) is 4.79 Å². The summed E-state index contributed by atoms with van der Waals surface area (Å²) in [5.41, 5.74) is 5.57. The van der Waals surface area contributed by atoms with Crippen LogP contribution in [0.15, 0.2) is 48.5 Å². The van der Waals surface area contributed by atoms with E-state index in [0.29, 0.717) is 18.0 Å². The predicted molar refractivity (Wildman–Crippen MR) is 72.1 cm³/mol. The van der Waals surface area contributed by atoms with Crippen molar-refractivity contribution in [2.24, 2.45) is 0 Å². The molecule has 0 aliphatic carbocycles. The van der Waals surface area contributed by atoms with Gasteiger partial charge in [0, 0.05) is 5.56 Å². The molecule has 2 aromatic rings. The first-order valence-corrected chi connectivity index (χ1v) is 6.19. The smallest absolute Gasteiger partial charge is 0.395 e. The molecule has 5 nitrogen and oxygen atoms in total. The van der Waals surface area contributed by atoms with Crippen molar-refractivity contribution < 1.29 is 25.1 Å². The minimum atomic E-state index is -0.802. The molecule has 5 heteroatoms. The minimum Gasteiger partial charge on any atom is -0.395 e. The molecule has 0 saturated heterocycles. The molecule has 2 rings (SSSR count). The largest absolute Gasteiger partial charge is 0.519 e. The second-order valence-corrected chi connectivity index (χ2v) is 4.15. The number of quaternary nitrogens is 1. The molecule has 104 valence electrons. The normalized spacial score (nSPS) is 10.1. The molecule has 0 fully saturated rings. The number of carbonyl (C=O) groups is 1. The molecule has 20 heavy (non-hydrogen) atoms. The number of aliphatic hydroxyl groups is 1. The Morgan fingerprint density at radius 2 is 1.35 bits per heavy atom. The third-order valence-electron chi connectivity index (χ3n) is 2.72. The van der Waals surface area contributed by atoms with E-state index in [4.69, 9.17) is 14.6 Å². The molecule has 0 radical (unpaired) electrons. The lowest BCUT2D eigenvalue weighted by atomic mass is 10.2. The standard InChI is InChI=1S/C15H15NO4/c16-9-11-1-5-13(6-2-11)19-15(18)20-14-7-3-12(10-17)4-8-14/h1-8,17H,9-10,16H2/p+1. The van der Waals surface area contributed by atoms with Crippen molar-refractivity contribution in [2.75, 3.05) is 0 Å². The highest BCUT2D eigenvalue weighted by Crippen LogP contribution is 2.15. The van der Waals surface area contributed by atoms with Crippen LogP contribution in [0.2, 0.25) is 0 Å². The van der Waals surface area contributed by atoms with Gasteiger partial charge in [0.1, 0.15) is 11.5 Å². The summed E-state index contributed by atoms with van der Waals surface area (Å²) < 4.78 is 10.1. The SMILES string of the molecule is [NH3+]Cc1ccc(OC(=O)Oc2ccc(CO)cc2)cc1. The summed E-state index contributed by atoms with van der Waals surface area (Å²) in [4.78, 5) is 11.6.